The molecule has 0 saturated carbocycles. The lowest BCUT2D eigenvalue weighted by Gasteiger charge is -2.05. The Morgan fingerprint density at radius 2 is 1.89 bits per heavy atom. The number of hydrogen-bond donors (Lipinski definition) is 0. The zero-order chi connectivity index (χ0) is 13.5. The first-order valence-corrected chi connectivity index (χ1v) is 6.68. The highest BCUT2D eigenvalue weighted by Gasteiger charge is 2.11. The van der Waals surface area contributed by atoms with Gasteiger partial charge in [-0.25, -0.2) is 9.97 Å². The van der Waals surface area contributed by atoms with Crippen molar-refractivity contribution < 1.29 is 0 Å². The average molecular weight is 247 g/mol. The number of unbranched alkanes of at least 4 members (excludes halogenated alkanes) is 1. The van der Waals surface area contributed by atoms with E-state index in [0.29, 0.717) is 0 Å². The van der Waals surface area contributed by atoms with Gasteiger partial charge in [0.25, 0.3) is 0 Å². The molecule has 2 rings (SSSR count). The maximum atomic E-state index is 4.55. The molecule has 3 heteroatoms. The summed E-state index contributed by atoms with van der Waals surface area (Å²) < 4.78 is 0. The van der Waals surface area contributed by atoms with Crippen LogP contribution >= 0.6 is 0 Å². The maximum Gasteiger partial charge on any atom is 0.129 e. The number of allylic oxidation sites excluding steroid dienone is 1. The molecule has 0 unspecified atom stereocenters. The van der Waals surface area contributed by atoms with E-state index < -0.39 is 0 Å². The van der Waals surface area contributed by atoms with E-state index in [2.05, 4.69) is 36.0 Å². The fourth-order valence-electron chi connectivity index (χ4n) is 1.80. The van der Waals surface area contributed by atoms with Crippen LogP contribution in [0.2, 0.25) is 0 Å². The smallest absolute Gasteiger partial charge is 0.129 e. The maximum absolute atomic E-state index is 4.55. The van der Waals surface area contributed by atoms with Gasteiger partial charge in [0.15, 0.2) is 0 Å². The van der Waals surface area contributed by atoms with Crippen molar-refractivity contribution in [1.29, 1.82) is 0 Å². The summed E-state index contributed by atoms with van der Waals surface area (Å²) in [6, 6.07) is 0. The highest BCUT2D eigenvalue weighted by molar-refractivity contribution is 5.57. The van der Waals surface area contributed by atoms with Gasteiger partial charge in [0.1, 0.15) is 5.82 Å². The van der Waals surface area contributed by atoms with Gasteiger partial charge in [-0.05, 0) is 47.0 Å². The summed E-state index contributed by atoms with van der Waals surface area (Å²) in [7, 11) is 6.00. The molecule has 18 heavy (non-hydrogen) atoms. The number of aryl methyl sites for hydroxylation is 2. The molecule has 0 N–H and O–H groups in total. The van der Waals surface area contributed by atoms with Gasteiger partial charge >= 0.3 is 0 Å². The Morgan fingerprint density at radius 3 is 2.50 bits per heavy atom. The molecular weight excluding hydrogens is 222 g/mol. The first-order chi connectivity index (χ1) is 8.54. The van der Waals surface area contributed by atoms with E-state index in [0.717, 1.165) is 30.1 Å². The van der Waals surface area contributed by atoms with Gasteiger partial charge in [0.2, 0.25) is 0 Å². The molecule has 1 aromatic rings. The molecule has 0 amide bonds. The molecule has 0 saturated heterocycles. The fraction of sp³-hybridized carbons (Fsp3) is 0.600. The Balaban J connectivity index is 0.000000357. The van der Waals surface area contributed by atoms with Gasteiger partial charge in [-0.15, -0.1) is 0 Å². The minimum Gasteiger partial charge on any atom is -0.312 e. The summed E-state index contributed by atoms with van der Waals surface area (Å²) >= 11 is 0. The van der Waals surface area contributed by atoms with Crippen LogP contribution < -0.4 is 0 Å². The first kappa shape index (κ1) is 14.8. The van der Waals surface area contributed by atoms with Crippen LogP contribution in [0.3, 0.4) is 0 Å². The van der Waals surface area contributed by atoms with E-state index >= 15 is 0 Å². The Kier molecular flexibility index (Phi) is 5.99. The monoisotopic (exact) mass is 247 g/mol. The van der Waals surface area contributed by atoms with Gasteiger partial charge in [-0.3, -0.25) is 0 Å². The summed E-state index contributed by atoms with van der Waals surface area (Å²) in [6.45, 7) is 4.28. The Bertz CT molecular complexity index is 406. The van der Waals surface area contributed by atoms with Gasteiger partial charge < -0.3 is 4.90 Å². The van der Waals surface area contributed by atoms with Crippen LogP contribution in [0, 0.1) is 6.92 Å². The molecule has 0 bridgehead atoms. The quantitative estimate of drug-likeness (QED) is 0.822. The molecule has 1 heterocycles. The van der Waals surface area contributed by atoms with Gasteiger partial charge in [-0.1, -0.05) is 19.4 Å². The number of rotatable bonds is 3. The van der Waals surface area contributed by atoms with Gasteiger partial charge in [0, 0.05) is 17.7 Å². The lowest BCUT2D eigenvalue weighted by molar-refractivity contribution is 0.505. The fourth-order valence-corrected chi connectivity index (χ4v) is 1.80. The van der Waals surface area contributed by atoms with Crippen LogP contribution in [-0.2, 0) is 12.8 Å². The van der Waals surface area contributed by atoms with Crippen molar-refractivity contribution in [3.05, 3.63) is 28.9 Å². The van der Waals surface area contributed by atoms with Gasteiger partial charge in [0.05, 0.1) is 5.69 Å². The number of fused-ring (bicyclic) bond motifs is 1. The third kappa shape index (κ3) is 4.57. The van der Waals surface area contributed by atoms with Crippen molar-refractivity contribution in [1.82, 2.24) is 14.9 Å². The van der Waals surface area contributed by atoms with Crippen LogP contribution in [0.1, 0.15) is 42.5 Å². The highest BCUT2D eigenvalue weighted by Crippen LogP contribution is 2.20. The lowest BCUT2D eigenvalue weighted by atomic mass is 10.1. The van der Waals surface area contributed by atoms with Crippen LogP contribution in [0.15, 0.2) is 6.08 Å². The Morgan fingerprint density at radius 1 is 1.22 bits per heavy atom. The number of aromatic nitrogens is 2. The second-order valence-electron chi connectivity index (χ2n) is 5.14. The SMILES string of the molecule is CCCCc1nc(C)c2c(n1)C=CC2.CN(C)C. The van der Waals surface area contributed by atoms with Crippen molar-refractivity contribution in [2.24, 2.45) is 0 Å². The van der Waals surface area contributed by atoms with Crippen LogP contribution in [0.25, 0.3) is 6.08 Å². The van der Waals surface area contributed by atoms with E-state index in [4.69, 9.17) is 0 Å². The summed E-state index contributed by atoms with van der Waals surface area (Å²) in [4.78, 5) is 11.1. The molecule has 3 nitrogen and oxygen atoms in total. The zero-order valence-electron chi connectivity index (χ0n) is 12.3. The van der Waals surface area contributed by atoms with Crippen LogP contribution in [0.4, 0.5) is 0 Å². The molecule has 0 atom stereocenters. The van der Waals surface area contributed by atoms with Crippen molar-refractivity contribution in [3.8, 4) is 0 Å². The van der Waals surface area contributed by atoms with E-state index in [1.807, 2.05) is 26.0 Å². The van der Waals surface area contributed by atoms with E-state index in [1.165, 1.54) is 18.4 Å². The summed E-state index contributed by atoms with van der Waals surface area (Å²) in [6.07, 6.45) is 8.68. The van der Waals surface area contributed by atoms with E-state index in [-0.39, 0.29) is 0 Å². The number of nitrogens with zero attached hydrogens (tertiary/aromatic N) is 3. The molecule has 0 aromatic carbocycles. The third-order valence-electron chi connectivity index (χ3n) is 2.64. The second-order valence-corrected chi connectivity index (χ2v) is 5.14. The normalized spacial score (nSPS) is 12.3. The molecule has 1 aliphatic carbocycles. The van der Waals surface area contributed by atoms with E-state index in [9.17, 15) is 0 Å². The van der Waals surface area contributed by atoms with Gasteiger partial charge in [-0.2, -0.15) is 0 Å². The van der Waals surface area contributed by atoms with Crippen molar-refractivity contribution in [2.75, 3.05) is 21.1 Å². The molecule has 1 aromatic heterocycles. The minimum absolute atomic E-state index is 1.01. The zero-order valence-corrected chi connectivity index (χ0v) is 12.3. The molecule has 0 fully saturated rings. The standard InChI is InChI=1S/C12H16N2.C3H9N/c1-3-4-8-12-13-9(2)10-6-5-7-11(10)14-12;1-4(2)3/h5,7H,3-4,6,8H2,1-2H3;1-3H3. The largest absolute Gasteiger partial charge is 0.312 e. The van der Waals surface area contributed by atoms with Crippen molar-refractivity contribution in [2.45, 2.75) is 39.5 Å². The average Bonchev–Trinajstić information content (AvgIpc) is 2.74. The van der Waals surface area contributed by atoms with Crippen LogP contribution in [0.5, 0.6) is 0 Å². The predicted octanol–water partition coefficient (Wildman–Crippen LogP) is 2.87. The first-order valence-electron chi connectivity index (χ1n) is 6.68. The molecule has 0 spiro atoms. The van der Waals surface area contributed by atoms with E-state index in [1.54, 1.807) is 0 Å². The Labute approximate surface area is 111 Å². The summed E-state index contributed by atoms with van der Waals surface area (Å²) in [5.41, 5.74) is 3.61. The minimum atomic E-state index is 1.01. The third-order valence-corrected chi connectivity index (χ3v) is 2.64. The number of hydrogen-bond acceptors (Lipinski definition) is 3. The highest BCUT2D eigenvalue weighted by atomic mass is 15.0. The molecule has 0 radical (unpaired) electrons. The molecule has 100 valence electrons. The lowest BCUT2D eigenvalue weighted by Crippen LogP contribution is -2.02. The summed E-state index contributed by atoms with van der Waals surface area (Å²) in [5, 5.41) is 0. The predicted molar refractivity (Wildman–Crippen MR) is 77.7 cm³/mol. The summed E-state index contributed by atoms with van der Waals surface area (Å²) in [5.74, 6) is 1.01. The molecular formula is C15H25N3. The molecule has 0 aliphatic heterocycles. The van der Waals surface area contributed by atoms with Crippen LogP contribution in [-0.4, -0.2) is 36.0 Å². The van der Waals surface area contributed by atoms with Crippen molar-refractivity contribution in [3.63, 3.8) is 0 Å². The molecule has 1 aliphatic rings. The Hall–Kier alpha value is -1.22. The van der Waals surface area contributed by atoms with Crippen molar-refractivity contribution >= 4 is 6.08 Å². The second kappa shape index (κ2) is 7.27. The topological polar surface area (TPSA) is 29.0 Å².